The van der Waals surface area contributed by atoms with E-state index in [2.05, 4.69) is 15.6 Å². The molecule has 0 bridgehead atoms. The zero-order valence-corrected chi connectivity index (χ0v) is 14.7. The molecule has 2 N–H and O–H groups in total. The Morgan fingerprint density at radius 2 is 2.12 bits per heavy atom. The van der Waals surface area contributed by atoms with Crippen LogP contribution >= 0.6 is 0 Å². The summed E-state index contributed by atoms with van der Waals surface area (Å²) in [6, 6.07) is 5.46. The number of hydrogen-bond acceptors (Lipinski definition) is 3. The van der Waals surface area contributed by atoms with Crippen LogP contribution in [0.1, 0.15) is 30.4 Å². The quantitative estimate of drug-likeness (QED) is 0.625. The van der Waals surface area contributed by atoms with Crippen molar-refractivity contribution in [1.82, 2.24) is 10.6 Å². The molecular formula is C17H24FN3O2S. The fourth-order valence-corrected chi connectivity index (χ4v) is 4.68. The summed E-state index contributed by atoms with van der Waals surface area (Å²) in [4.78, 5) is 4.56. The van der Waals surface area contributed by atoms with Gasteiger partial charge in [-0.15, -0.1) is 0 Å². The van der Waals surface area contributed by atoms with Crippen LogP contribution in [0.3, 0.4) is 0 Å². The molecule has 5 nitrogen and oxygen atoms in total. The van der Waals surface area contributed by atoms with Crippen molar-refractivity contribution in [2.24, 2.45) is 10.9 Å². The van der Waals surface area contributed by atoms with Crippen LogP contribution in [-0.4, -0.2) is 38.5 Å². The number of hydrogen-bond donors (Lipinski definition) is 2. The van der Waals surface area contributed by atoms with E-state index in [9.17, 15) is 12.8 Å². The van der Waals surface area contributed by atoms with Gasteiger partial charge in [0.15, 0.2) is 15.8 Å². The predicted molar refractivity (Wildman–Crippen MR) is 93.2 cm³/mol. The molecule has 1 saturated carbocycles. The van der Waals surface area contributed by atoms with E-state index in [-0.39, 0.29) is 23.2 Å². The molecule has 1 aliphatic heterocycles. The molecule has 2 aliphatic rings. The van der Waals surface area contributed by atoms with Crippen LogP contribution in [0.4, 0.5) is 4.39 Å². The van der Waals surface area contributed by atoms with Gasteiger partial charge in [0.1, 0.15) is 5.82 Å². The van der Waals surface area contributed by atoms with Crippen molar-refractivity contribution in [1.29, 1.82) is 0 Å². The van der Waals surface area contributed by atoms with Crippen LogP contribution in [0.2, 0.25) is 0 Å². The molecule has 3 rings (SSSR count). The van der Waals surface area contributed by atoms with Crippen molar-refractivity contribution in [3.05, 3.63) is 35.1 Å². The summed E-state index contributed by atoms with van der Waals surface area (Å²) in [5.74, 6) is 1.20. The van der Waals surface area contributed by atoms with Crippen LogP contribution < -0.4 is 10.6 Å². The van der Waals surface area contributed by atoms with Crippen LogP contribution in [0.25, 0.3) is 0 Å². The van der Waals surface area contributed by atoms with Crippen LogP contribution in [0.15, 0.2) is 23.2 Å². The van der Waals surface area contributed by atoms with Gasteiger partial charge >= 0.3 is 0 Å². The Morgan fingerprint density at radius 3 is 2.75 bits per heavy atom. The van der Waals surface area contributed by atoms with Crippen LogP contribution in [0.5, 0.6) is 0 Å². The van der Waals surface area contributed by atoms with Gasteiger partial charge in [0, 0.05) is 12.6 Å². The second-order valence-corrected chi connectivity index (χ2v) is 9.05. The second kappa shape index (κ2) is 7.09. The number of aryl methyl sites for hydroxylation is 1. The first-order valence-electron chi connectivity index (χ1n) is 8.41. The van der Waals surface area contributed by atoms with E-state index >= 15 is 0 Å². The van der Waals surface area contributed by atoms with Crippen LogP contribution in [0, 0.1) is 18.7 Å². The average molecular weight is 353 g/mol. The Bertz CT molecular complexity index is 729. The van der Waals surface area contributed by atoms with E-state index in [0.29, 0.717) is 37.1 Å². The third kappa shape index (κ3) is 4.93. The lowest BCUT2D eigenvalue weighted by atomic mass is 10.1. The number of sulfone groups is 1. The minimum atomic E-state index is -2.85. The fraction of sp³-hybridized carbons (Fsp3) is 0.588. The highest BCUT2D eigenvalue weighted by Crippen LogP contribution is 2.19. The number of benzene rings is 1. The fourth-order valence-electron chi connectivity index (χ4n) is 2.82. The van der Waals surface area contributed by atoms with Gasteiger partial charge in [0.2, 0.25) is 0 Å². The third-order valence-corrected chi connectivity index (χ3v) is 6.28. The standard InChI is InChI=1S/C17H24FN3O2S/c1-12-8-13(2-5-16(12)18)9-19-17(21-15-3-4-15)20-10-14-6-7-24(22,23)11-14/h2,5,8,14-15H,3-4,6-7,9-11H2,1H3,(H2,19,20,21). The average Bonchev–Trinajstić information content (AvgIpc) is 3.27. The monoisotopic (exact) mass is 353 g/mol. The van der Waals surface area contributed by atoms with Crippen molar-refractivity contribution in [3.8, 4) is 0 Å². The maximum atomic E-state index is 13.3. The molecule has 0 radical (unpaired) electrons. The molecule has 7 heteroatoms. The van der Waals surface area contributed by atoms with Gasteiger partial charge in [0.25, 0.3) is 0 Å². The Hall–Kier alpha value is -1.63. The van der Waals surface area contributed by atoms with E-state index in [1.54, 1.807) is 19.1 Å². The van der Waals surface area contributed by atoms with E-state index in [4.69, 9.17) is 0 Å². The summed E-state index contributed by atoms with van der Waals surface area (Å²) in [6.45, 7) is 2.82. The van der Waals surface area contributed by atoms with Gasteiger partial charge in [-0.3, -0.25) is 0 Å². The molecule has 0 amide bonds. The van der Waals surface area contributed by atoms with E-state index in [1.807, 2.05) is 0 Å². The largest absolute Gasteiger partial charge is 0.356 e. The first-order chi connectivity index (χ1) is 11.4. The molecule has 24 heavy (non-hydrogen) atoms. The van der Waals surface area contributed by atoms with Gasteiger partial charge in [0.05, 0.1) is 18.1 Å². The molecule has 1 aliphatic carbocycles. The molecule has 1 heterocycles. The number of halogens is 1. The molecule has 1 saturated heterocycles. The minimum Gasteiger partial charge on any atom is -0.356 e. The lowest BCUT2D eigenvalue weighted by molar-refractivity contribution is 0.566. The first-order valence-corrected chi connectivity index (χ1v) is 10.2. The van der Waals surface area contributed by atoms with E-state index in [1.165, 1.54) is 6.07 Å². The number of rotatable bonds is 5. The topological polar surface area (TPSA) is 70.6 Å². The Balaban J connectivity index is 1.59. The van der Waals surface area contributed by atoms with Gasteiger partial charge < -0.3 is 10.6 Å². The normalized spacial score (nSPS) is 23.2. The molecule has 0 aromatic heterocycles. The maximum absolute atomic E-state index is 13.3. The number of nitrogens with zero attached hydrogens (tertiary/aromatic N) is 1. The molecular weight excluding hydrogens is 329 g/mol. The smallest absolute Gasteiger partial charge is 0.191 e. The summed E-state index contributed by atoms with van der Waals surface area (Å²) in [6.07, 6.45) is 2.98. The summed E-state index contributed by atoms with van der Waals surface area (Å²) in [5, 5.41) is 6.61. The Morgan fingerprint density at radius 1 is 1.33 bits per heavy atom. The van der Waals surface area contributed by atoms with Crippen LogP contribution in [-0.2, 0) is 16.4 Å². The molecule has 1 unspecified atom stereocenters. The number of guanidine groups is 1. The van der Waals surface area contributed by atoms with Crippen molar-refractivity contribution in [2.45, 2.75) is 38.8 Å². The number of aliphatic imine (C=N–C) groups is 1. The lowest BCUT2D eigenvalue weighted by Gasteiger charge is -2.15. The highest BCUT2D eigenvalue weighted by atomic mass is 32.2. The van der Waals surface area contributed by atoms with Gasteiger partial charge in [-0.25, -0.2) is 17.8 Å². The van der Waals surface area contributed by atoms with Crippen molar-refractivity contribution in [2.75, 3.05) is 18.1 Å². The van der Waals surface area contributed by atoms with Gasteiger partial charge in [-0.05, 0) is 49.3 Å². The zero-order valence-electron chi connectivity index (χ0n) is 13.9. The first kappa shape index (κ1) is 17.2. The summed E-state index contributed by atoms with van der Waals surface area (Å²) < 4.78 is 36.4. The summed E-state index contributed by atoms with van der Waals surface area (Å²) >= 11 is 0. The second-order valence-electron chi connectivity index (χ2n) is 6.82. The van der Waals surface area contributed by atoms with E-state index < -0.39 is 9.84 Å². The third-order valence-electron chi connectivity index (χ3n) is 4.45. The lowest BCUT2D eigenvalue weighted by Crippen LogP contribution is -2.41. The van der Waals surface area contributed by atoms with Gasteiger partial charge in [-0.1, -0.05) is 12.1 Å². The maximum Gasteiger partial charge on any atom is 0.191 e. The Kier molecular flexibility index (Phi) is 5.08. The summed E-state index contributed by atoms with van der Waals surface area (Å²) in [7, 11) is -2.85. The highest BCUT2D eigenvalue weighted by Gasteiger charge is 2.28. The SMILES string of the molecule is Cc1cc(CN=C(NCC2CCS(=O)(=O)C2)NC2CC2)ccc1F. The number of nitrogens with one attached hydrogen (secondary N) is 2. The minimum absolute atomic E-state index is 0.147. The van der Waals surface area contributed by atoms with Crippen molar-refractivity contribution >= 4 is 15.8 Å². The summed E-state index contributed by atoms with van der Waals surface area (Å²) in [5.41, 5.74) is 1.57. The molecule has 0 spiro atoms. The predicted octanol–water partition coefficient (Wildman–Crippen LogP) is 1.77. The molecule has 132 valence electrons. The van der Waals surface area contributed by atoms with Crippen molar-refractivity contribution in [3.63, 3.8) is 0 Å². The molecule has 2 fully saturated rings. The molecule has 1 aromatic rings. The van der Waals surface area contributed by atoms with E-state index in [0.717, 1.165) is 18.4 Å². The molecule has 1 aromatic carbocycles. The van der Waals surface area contributed by atoms with Crippen molar-refractivity contribution < 1.29 is 12.8 Å². The zero-order chi connectivity index (χ0) is 17.2. The highest BCUT2D eigenvalue weighted by molar-refractivity contribution is 7.91. The van der Waals surface area contributed by atoms with Gasteiger partial charge in [-0.2, -0.15) is 0 Å². The molecule has 1 atom stereocenters. The Labute approximate surface area is 142 Å².